The van der Waals surface area contributed by atoms with Crippen molar-refractivity contribution >= 4 is 17.3 Å². The SMILES string of the molecule is CCC(OC(C)(C)C)C(=O)Nc1ccc2c(c1)OCCN2. The molecular weight excluding hydrogens is 268 g/mol. The van der Waals surface area contributed by atoms with Crippen molar-refractivity contribution in [1.29, 1.82) is 0 Å². The van der Waals surface area contributed by atoms with Gasteiger partial charge < -0.3 is 20.1 Å². The fraction of sp³-hybridized carbons (Fsp3) is 0.562. The Balaban J connectivity index is 2.04. The van der Waals surface area contributed by atoms with Crippen molar-refractivity contribution in [3.05, 3.63) is 18.2 Å². The number of anilines is 2. The first-order valence-corrected chi connectivity index (χ1v) is 7.38. The first-order chi connectivity index (χ1) is 9.89. The summed E-state index contributed by atoms with van der Waals surface area (Å²) in [6, 6.07) is 5.61. The second-order valence-electron chi connectivity index (χ2n) is 6.10. The Morgan fingerprint density at radius 2 is 2.24 bits per heavy atom. The number of rotatable bonds is 4. The van der Waals surface area contributed by atoms with E-state index in [1.54, 1.807) is 0 Å². The van der Waals surface area contributed by atoms with Gasteiger partial charge in [0.2, 0.25) is 0 Å². The number of carbonyl (C=O) groups is 1. The van der Waals surface area contributed by atoms with Crippen molar-refractivity contribution in [2.24, 2.45) is 0 Å². The molecule has 0 fully saturated rings. The van der Waals surface area contributed by atoms with Gasteiger partial charge in [-0.15, -0.1) is 0 Å². The Morgan fingerprint density at radius 3 is 2.90 bits per heavy atom. The average molecular weight is 292 g/mol. The number of nitrogens with one attached hydrogen (secondary N) is 2. The van der Waals surface area contributed by atoms with E-state index in [2.05, 4.69) is 10.6 Å². The molecule has 0 bridgehead atoms. The van der Waals surface area contributed by atoms with E-state index in [0.717, 1.165) is 23.7 Å². The van der Waals surface area contributed by atoms with E-state index in [1.165, 1.54) is 0 Å². The van der Waals surface area contributed by atoms with Gasteiger partial charge in [-0.3, -0.25) is 4.79 Å². The molecule has 0 saturated carbocycles. The van der Waals surface area contributed by atoms with Crippen LogP contribution in [0.5, 0.6) is 5.75 Å². The van der Waals surface area contributed by atoms with Crippen molar-refractivity contribution < 1.29 is 14.3 Å². The lowest BCUT2D eigenvalue weighted by molar-refractivity contribution is -0.137. The summed E-state index contributed by atoms with van der Waals surface area (Å²) < 4.78 is 11.3. The monoisotopic (exact) mass is 292 g/mol. The Kier molecular flexibility index (Phi) is 4.73. The zero-order valence-corrected chi connectivity index (χ0v) is 13.2. The number of ether oxygens (including phenoxy) is 2. The molecule has 1 aliphatic rings. The van der Waals surface area contributed by atoms with Gasteiger partial charge in [-0.25, -0.2) is 0 Å². The Morgan fingerprint density at radius 1 is 1.48 bits per heavy atom. The molecule has 1 unspecified atom stereocenters. The summed E-state index contributed by atoms with van der Waals surface area (Å²) in [6.45, 7) is 9.21. The van der Waals surface area contributed by atoms with Gasteiger partial charge in [0.15, 0.2) is 0 Å². The van der Waals surface area contributed by atoms with Crippen molar-refractivity contribution in [3.63, 3.8) is 0 Å². The minimum Gasteiger partial charge on any atom is -0.490 e. The quantitative estimate of drug-likeness (QED) is 0.895. The Bertz CT molecular complexity index is 509. The second-order valence-corrected chi connectivity index (χ2v) is 6.10. The van der Waals surface area contributed by atoms with Crippen LogP contribution < -0.4 is 15.4 Å². The molecule has 0 aromatic heterocycles. The van der Waals surface area contributed by atoms with Crippen molar-refractivity contribution in [2.45, 2.75) is 45.8 Å². The van der Waals surface area contributed by atoms with Gasteiger partial charge in [-0.2, -0.15) is 0 Å². The van der Waals surface area contributed by atoms with Crippen LogP contribution in [0.4, 0.5) is 11.4 Å². The lowest BCUT2D eigenvalue weighted by atomic mass is 10.1. The molecular formula is C16H24N2O3. The van der Waals surface area contributed by atoms with Crippen LogP contribution in [0, 0.1) is 0 Å². The second kappa shape index (κ2) is 6.35. The Labute approximate surface area is 126 Å². The maximum absolute atomic E-state index is 12.3. The summed E-state index contributed by atoms with van der Waals surface area (Å²) in [5, 5.41) is 6.14. The molecule has 2 N–H and O–H groups in total. The molecule has 0 radical (unpaired) electrons. The molecule has 5 nitrogen and oxygen atoms in total. The zero-order valence-electron chi connectivity index (χ0n) is 13.2. The van der Waals surface area contributed by atoms with Gasteiger partial charge in [0.05, 0.1) is 11.3 Å². The highest BCUT2D eigenvalue weighted by atomic mass is 16.5. The van der Waals surface area contributed by atoms with E-state index in [0.29, 0.717) is 13.0 Å². The van der Waals surface area contributed by atoms with E-state index in [1.807, 2.05) is 45.9 Å². The van der Waals surface area contributed by atoms with Crippen molar-refractivity contribution in [1.82, 2.24) is 0 Å². The molecule has 5 heteroatoms. The molecule has 0 spiro atoms. The standard InChI is InChI=1S/C16H24N2O3/c1-5-13(21-16(2,3)4)15(19)18-11-6-7-12-14(10-11)20-9-8-17-12/h6-7,10,13,17H,5,8-9H2,1-4H3,(H,18,19). The first kappa shape index (κ1) is 15.6. The highest BCUT2D eigenvalue weighted by molar-refractivity contribution is 5.94. The molecule has 0 aliphatic carbocycles. The maximum atomic E-state index is 12.3. The summed E-state index contributed by atoms with van der Waals surface area (Å²) >= 11 is 0. The maximum Gasteiger partial charge on any atom is 0.253 e. The number of hydrogen-bond donors (Lipinski definition) is 2. The number of carbonyl (C=O) groups excluding carboxylic acids is 1. The summed E-state index contributed by atoms with van der Waals surface area (Å²) in [7, 11) is 0. The molecule has 1 aliphatic heterocycles. The molecule has 1 aromatic rings. The van der Waals surface area contributed by atoms with E-state index >= 15 is 0 Å². The van der Waals surface area contributed by atoms with Gasteiger partial charge in [-0.05, 0) is 39.3 Å². The average Bonchev–Trinajstić information content (AvgIpc) is 2.43. The molecule has 1 aromatic carbocycles. The third-order valence-corrected chi connectivity index (χ3v) is 3.08. The van der Waals surface area contributed by atoms with E-state index in [-0.39, 0.29) is 11.5 Å². The van der Waals surface area contributed by atoms with Crippen LogP contribution in [0.15, 0.2) is 18.2 Å². The van der Waals surface area contributed by atoms with Crippen LogP contribution in [0.1, 0.15) is 34.1 Å². The largest absolute Gasteiger partial charge is 0.490 e. The number of fused-ring (bicyclic) bond motifs is 1. The van der Waals surface area contributed by atoms with Crippen molar-refractivity contribution in [3.8, 4) is 5.75 Å². The predicted molar refractivity (Wildman–Crippen MR) is 84.0 cm³/mol. The Hall–Kier alpha value is -1.75. The van der Waals surface area contributed by atoms with Crippen LogP contribution in [0.2, 0.25) is 0 Å². The van der Waals surface area contributed by atoms with Crippen LogP contribution >= 0.6 is 0 Å². The lowest BCUT2D eigenvalue weighted by Crippen LogP contribution is -2.36. The van der Waals surface area contributed by atoms with E-state index < -0.39 is 6.10 Å². The van der Waals surface area contributed by atoms with Gasteiger partial charge in [0, 0.05) is 18.3 Å². The van der Waals surface area contributed by atoms with Gasteiger partial charge in [0.25, 0.3) is 5.91 Å². The smallest absolute Gasteiger partial charge is 0.253 e. The molecule has 21 heavy (non-hydrogen) atoms. The summed E-state index contributed by atoms with van der Waals surface area (Å²) in [5.41, 5.74) is 1.33. The minimum absolute atomic E-state index is 0.129. The van der Waals surface area contributed by atoms with Crippen LogP contribution in [0.25, 0.3) is 0 Å². The van der Waals surface area contributed by atoms with Crippen molar-refractivity contribution in [2.75, 3.05) is 23.8 Å². The third-order valence-electron chi connectivity index (χ3n) is 3.08. The number of benzene rings is 1. The molecule has 2 rings (SSSR count). The van der Waals surface area contributed by atoms with Crippen LogP contribution in [0.3, 0.4) is 0 Å². The summed E-state index contributed by atoms with van der Waals surface area (Å²) in [5.74, 6) is 0.639. The summed E-state index contributed by atoms with van der Waals surface area (Å²) in [6.07, 6.45) is 0.173. The highest BCUT2D eigenvalue weighted by Crippen LogP contribution is 2.30. The van der Waals surface area contributed by atoms with E-state index in [9.17, 15) is 4.79 Å². The van der Waals surface area contributed by atoms with Gasteiger partial charge >= 0.3 is 0 Å². The fourth-order valence-corrected chi connectivity index (χ4v) is 2.18. The molecule has 1 atom stereocenters. The zero-order chi connectivity index (χ0) is 15.5. The van der Waals surface area contributed by atoms with Crippen LogP contribution in [-0.4, -0.2) is 30.8 Å². The lowest BCUT2D eigenvalue weighted by Gasteiger charge is -2.26. The number of hydrogen-bond acceptors (Lipinski definition) is 4. The minimum atomic E-state index is -0.458. The van der Waals surface area contributed by atoms with Gasteiger partial charge in [-0.1, -0.05) is 6.92 Å². The molecule has 116 valence electrons. The van der Waals surface area contributed by atoms with Gasteiger partial charge in [0.1, 0.15) is 18.5 Å². The predicted octanol–water partition coefficient (Wildman–Crippen LogP) is 3.02. The normalized spacial score (nSPS) is 15.4. The molecule has 0 saturated heterocycles. The highest BCUT2D eigenvalue weighted by Gasteiger charge is 2.24. The van der Waals surface area contributed by atoms with Crippen LogP contribution in [-0.2, 0) is 9.53 Å². The third kappa shape index (κ3) is 4.36. The number of amides is 1. The first-order valence-electron chi connectivity index (χ1n) is 7.38. The molecule has 1 heterocycles. The molecule has 1 amide bonds. The topological polar surface area (TPSA) is 59.6 Å². The summed E-state index contributed by atoms with van der Waals surface area (Å²) in [4.78, 5) is 12.3. The van der Waals surface area contributed by atoms with E-state index in [4.69, 9.17) is 9.47 Å². The fourth-order valence-electron chi connectivity index (χ4n) is 2.18.